The molecule has 4 aliphatic carbocycles. The fourth-order valence-electron chi connectivity index (χ4n) is 9.03. The molecule has 1 aromatic carbocycles. The van der Waals surface area contributed by atoms with E-state index in [9.17, 15) is 15.0 Å². The molecule has 0 radical (unpaired) electrons. The minimum absolute atomic E-state index is 0.00455. The molecular formula is C32H44O5. The number of rotatable bonds is 3. The molecule has 4 fully saturated rings. The Bertz CT molecular complexity index is 1090. The van der Waals surface area contributed by atoms with E-state index < -0.39 is 17.0 Å². The summed E-state index contributed by atoms with van der Waals surface area (Å²) in [4.78, 5) is 11.4. The molecule has 1 heterocycles. The van der Waals surface area contributed by atoms with Crippen LogP contribution in [0.5, 0.6) is 0 Å². The quantitative estimate of drug-likeness (QED) is 0.391. The second-order valence-corrected chi connectivity index (χ2v) is 13.9. The van der Waals surface area contributed by atoms with Crippen LogP contribution in [0.15, 0.2) is 35.4 Å². The predicted octanol–water partition coefficient (Wildman–Crippen LogP) is 5.93. The Labute approximate surface area is 221 Å². The van der Waals surface area contributed by atoms with Crippen LogP contribution in [-0.2, 0) is 9.47 Å². The van der Waals surface area contributed by atoms with E-state index >= 15 is 0 Å². The number of carbonyl (C=O) groups excluding carboxylic acids is 1. The average molecular weight is 509 g/mol. The van der Waals surface area contributed by atoms with E-state index in [0.717, 1.165) is 57.7 Å². The summed E-state index contributed by atoms with van der Waals surface area (Å²) >= 11 is 0. The predicted molar refractivity (Wildman–Crippen MR) is 142 cm³/mol. The number of allylic oxidation sites excluding steroid dienone is 1. The summed E-state index contributed by atoms with van der Waals surface area (Å²) in [7, 11) is 0. The molecule has 5 nitrogen and oxygen atoms in total. The van der Waals surface area contributed by atoms with Crippen molar-refractivity contribution in [2.45, 2.75) is 108 Å². The van der Waals surface area contributed by atoms with Crippen LogP contribution in [0, 0.1) is 22.7 Å². The SMILES string of the molecule is CCC1(O)CCC2C3CCC4(O)CC5(CCC4=C3[C@@H](c3ccc(C=O)cc3)C[C@@]21C)OCC(C)(C)CO5. The van der Waals surface area contributed by atoms with Crippen LogP contribution < -0.4 is 0 Å². The number of benzene rings is 1. The van der Waals surface area contributed by atoms with Gasteiger partial charge in [0.2, 0.25) is 0 Å². The summed E-state index contributed by atoms with van der Waals surface area (Å²) in [5.74, 6) is 0.230. The Morgan fingerprint density at radius 3 is 2.35 bits per heavy atom. The first-order valence-electron chi connectivity index (χ1n) is 14.5. The molecule has 37 heavy (non-hydrogen) atoms. The highest BCUT2D eigenvalue weighted by Crippen LogP contribution is 2.68. The zero-order chi connectivity index (χ0) is 26.3. The van der Waals surface area contributed by atoms with Gasteiger partial charge < -0.3 is 19.7 Å². The molecule has 6 rings (SSSR count). The Balaban J connectivity index is 1.43. The molecule has 0 bridgehead atoms. The number of carbonyl (C=O) groups is 1. The summed E-state index contributed by atoms with van der Waals surface area (Å²) in [6.07, 6.45) is 8.15. The van der Waals surface area contributed by atoms with Crippen molar-refractivity contribution < 1.29 is 24.5 Å². The van der Waals surface area contributed by atoms with E-state index in [4.69, 9.17) is 9.47 Å². The number of fused-ring (bicyclic) bond motifs is 4. The second-order valence-electron chi connectivity index (χ2n) is 13.9. The van der Waals surface area contributed by atoms with E-state index in [2.05, 4.69) is 39.8 Å². The van der Waals surface area contributed by atoms with Crippen LogP contribution in [0.1, 0.15) is 107 Å². The van der Waals surface area contributed by atoms with E-state index in [1.54, 1.807) is 0 Å². The molecule has 6 atom stereocenters. The summed E-state index contributed by atoms with van der Waals surface area (Å²) in [6, 6.07) is 8.01. The van der Waals surface area contributed by atoms with Crippen LogP contribution in [0.25, 0.3) is 0 Å². The van der Waals surface area contributed by atoms with Gasteiger partial charge in [-0.05, 0) is 67.9 Å². The summed E-state index contributed by atoms with van der Waals surface area (Å²) in [5.41, 5.74) is 2.76. The first-order valence-corrected chi connectivity index (χ1v) is 14.5. The first-order chi connectivity index (χ1) is 17.5. The van der Waals surface area contributed by atoms with Gasteiger partial charge in [0.05, 0.1) is 24.4 Å². The van der Waals surface area contributed by atoms with Crippen molar-refractivity contribution in [1.29, 1.82) is 0 Å². The van der Waals surface area contributed by atoms with Crippen molar-refractivity contribution in [1.82, 2.24) is 0 Å². The zero-order valence-corrected chi connectivity index (χ0v) is 23.0. The van der Waals surface area contributed by atoms with Crippen molar-refractivity contribution in [3.8, 4) is 0 Å². The molecule has 3 saturated carbocycles. The molecule has 2 N–H and O–H groups in total. The maximum absolute atomic E-state index is 12.3. The number of hydrogen-bond acceptors (Lipinski definition) is 5. The molecule has 5 heteroatoms. The summed E-state index contributed by atoms with van der Waals surface area (Å²) < 4.78 is 12.7. The van der Waals surface area contributed by atoms with E-state index in [1.807, 2.05) is 12.1 Å². The summed E-state index contributed by atoms with van der Waals surface area (Å²) in [6.45, 7) is 10.1. The molecule has 202 valence electrons. The Hall–Kier alpha value is -1.53. The third kappa shape index (κ3) is 3.83. The molecule has 0 aromatic heterocycles. The van der Waals surface area contributed by atoms with Crippen molar-refractivity contribution in [2.24, 2.45) is 22.7 Å². The second kappa shape index (κ2) is 8.48. The highest BCUT2D eigenvalue weighted by Gasteiger charge is 2.64. The minimum atomic E-state index is -0.917. The van der Waals surface area contributed by atoms with Gasteiger partial charge in [0.15, 0.2) is 5.79 Å². The van der Waals surface area contributed by atoms with E-state index in [0.29, 0.717) is 37.0 Å². The zero-order valence-electron chi connectivity index (χ0n) is 23.0. The van der Waals surface area contributed by atoms with Crippen molar-refractivity contribution >= 4 is 6.29 Å². The molecular weight excluding hydrogens is 464 g/mol. The van der Waals surface area contributed by atoms with Crippen LogP contribution in [0.3, 0.4) is 0 Å². The lowest BCUT2D eigenvalue weighted by Crippen LogP contribution is -2.58. The Morgan fingerprint density at radius 1 is 1.00 bits per heavy atom. The Kier molecular flexibility index (Phi) is 5.90. The van der Waals surface area contributed by atoms with Gasteiger partial charge >= 0.3 is 0 Å². The number of hydrogen-bond donors (Lipinski definition) is 2. The molecule has 1 aromatic rings. The van der Waals surface area contributed by atoms with Crippen molar-refractivity contribution in [3.05, 3.63) is 46.5 Å². The maximum atomic E-state index is 12.3. The molecule has 5 aliphatic rings. The van der Waals surface area contributed by atoms with E-state index in [1.165, 1.54) is 16.7 Å². The average Bonchev–Trinajstić information content (AvgIpc) is 3.16. The summed E-state index contributed by atoms with van der Waals surface area (Å²) in [5, 5.41) is 24.1. The maximum Gasteiger partial charge on any atom is 0.171 e. The van der Waals surface area contributed by atoms with Gasteiger partial charge in [-0.15, -0.1) is 0 Å². The largest absolute Gasteiger partial charge is 0.389 e. The number of aldehydes is 1. The van der Waals surface area contributed by atoms with Gasteiger partial charge in [0.1, 0.15) is 6.29 Å². The van der Waals surface area contributed by atoms with E-state index in [-0.39, 0.29) is 16.7 Å². The van der Waals surface area contributed by atoms with Crippen LogP contribution in [0.2, 0.25) is 0 Å². The van der Waals surface area contributed by atoms with Crippen molar-refractivity contribution in [3.63, 3.8) is 0 Å². The Morgan fingerprint density at radius 2 is 1.70 bits per heavy atom. The van der Waals surface area contributed by atoms with Crippen LogP contribution in [0.4, 0.5) is 0 Å². The van der Waals surface area contributed by atoms with Gasteiger partial charge in [-0.25, -0.2) is 0 Å². The van der Waals surface area contributed by atoms with Crippen LogP contribution in [-0.4, -0.2) is 46.7 Å². The van der Waals surface area contributed by atoms with Crippen molar-refractivity contribution in [2.75, 3.05) is 13.2 Å². The number of ether oxygens (including phenoxy) is 2. The topological polar surface area (TPSA) is 76.0 Å². The fourth-order valence-corrected chi connectivity index (χ4v) is 9.03. The third-order valence-electron chi connectivity index (χ3n) is 11.2. The normalized spacial score (nSPS) is 42.2. The van der Waals surface area contributed by atoms with Gasteiger partial charge in [0, 0.05) is 35.2 Å². The lowest BCUT2D eigenvalue weighted by molar-refractivity contribution is -0.322. The molecule has 1 aliphatic heterocycles. The van der Waals surface area contributed by atoms with Crippen LogP contribution >= 0.6 is 0 Å². The lowest BCUT2D eigenvalue weighted by atomic mass is 9.49. The standard InChI is InChI=1S/C32H44O5/c1-5-31(35)14-11-25-23-10-13-30(34)18-32(36-19-28(2,3)20-37-32)15-12-26(30)27(23)24(16-29(25,31)4)22-8-6-21(17-33)7-9-22/h6-9,17,23-25,34-35H,5,10-16,18-20H2,1-4H3/t23?,24-,25?,29+,30?,31?/m1/s1. The van der Waals surface area contributed by atoms with Gasteiger partial charge in [-0.2, -0.15) is 0 Å². The fraction of sp³-hybridized carbons (Fsp3) is 0.719. The smallest absolute Gasteiger partial charge is 0.171 e. The monoisotopic (exact) mass is 508 g/mol. The first kappa shape index (κ1) is 25.7. The van der Waals surface area contributed by atoms with Gasteiger partial charge in [-0.3, -0.25) is 4.79 Å². The molecule has 1 saturated heterocycles. The van der Waals surface area contributed by atoms with Gasteiger partial charge in [0.25, 0.3) is 0 Å². The third-order valence-corrected chi connectivity index (χ3v) is 11.2. The molecule has 1 spiro atoms. The molecule has 4 unspecified atom stereocenters. The van der Waals surface area contributed by atoms with Gasteiger partial charge in [-0.1, -0.05) is 57.5 Å². The minimum Gasteiger partial charge on any atom is -0.389 e. The highest BCUT2D eigenvalue weighted by atomic mass is 16.7. The lowest BCUT2D eigenvalue weighted by Gasteiger charge is -2.58. The molecule has 0 amide bonds. The highest BCUT2D eigenvalue weighted by molar-refractivity contribution is 5.74. The number of aliphatic hydroxyl groups is 2.